The Morgan fingerprint density at radius 2 is 2.00 bits per heavy atom. The standard InChI is InChI=1S/C17H14F3N5/c1-17(19,20)9-2-5-15-13(6-9)23-16(25(15)21)24-14-8-22-12-4-3-10(18)7-11(12)14/h2-8,22H,21H2,1H3,(H,23,24). The number of rotatable bonds is 3. The number of fused-ring (bicyclic) bond motifs is 2. The average Bonchev–Trinajstić information content (AvgIpc) is 3.08. The van der Waals surface area contributed by atoms with Gasteiger partial charge in [-0.05, 0) is 30.3 Å². The highest BCUT2D eigenvalue weighted by Crippen LogP contribution is 2.31. The Hall–Kier alpha value is -3.16. The number of benzene rings is 2. The maximum absolute atomic E-state index is 13.5. The first-order chi connectivity index (χ1) is 11.8. The lowest BCUT2D eigenvalue weighted by Gasteiger charge is -2.09. The van der Waals surface area contributed by atoms with Crippen LogP contribution in [0.1, 0.15) is 12.5 Å². The zero-order valence-corrected chi connectivity index (χ0v) is 13.1. The van der Waals surface area contributed by atoms with Crippen molar-refractivity contribution >= 4 is 33.6 Å². The minimum atomic E-state index is -2.96. The molecule has 0 aliphatic heterocycles. The van der Waals surface area contributed by atoms with Crippen molar-refractivity contribution in [1.29, 1.82) is 0 Å². The van der Waals surface area contributed by atoms with E-state index in [0.717, 1.165) is 12.4 Å². The molecule has 0 saturated carbocycles. The van der Waals surface area contributed by atoms with Crippen LogP contribution in [0, 0.1) is 5.82 Å². The van der Waals surface area contributed by atoms with Gasteiger partial charge in [0, 0.05) is 29.6 Å². The SMILES string of the molecule is CC(F)(F)c1ccc2c(c1)nc(Nc1c[nH]c3ccc(F)cc13)n2N. The van der Waals surface area contributed by atoms with E-state index in [1.807, 2.05) is 0 Å². The molecule has 2 aromatic carbocycles. The number of nitrogen functional groups attached to an aromatic ring is 1. The van der Waals surface area contributed by atoms with Gasteiger partial charge >= 0.3 is 0 Å². The van der Waals surface area contributed by atoms with Gasteiger partial charge in [0.1, 0.15) is 5.82 Å². The topological polar surface area (TPSA) is 71.7 Å². The van der Waals surface area contributed by atoms with E-state index < -0.39 is 5.92 Å². The molecule has 2 aromatic heterocycles. The second kappa shape index (κ2) is 5.17. The fraction of sp³-hybridized carbons (Fsp3) is 0.118. The van der Waals surface area contributed by atoms with E-state index in [2.05, 4.69) is 15.3 Å². The highest BCUT2D eigenvalue weighted by atomic mass is 19.3. The van der Waals surface area contributed by atoms with Crippen LogP contribution in [-0.4, -0.2) is 14.6 Å². The van der Waals surface area contributed by atoms with Gasteiger partial charge in [-0.2, -0.15) is 0 Å². The van der Waals surface area contributed by atoms with Crippen molar-refractivity contribution in [3.63, 3.8) is 0 Å². The first-order valence-electron chi connectivity index (χ1n) is 7.52. The highest BCUT2D eigenvalue weighted by molar-refractivity contribution is 5.94. The molecule has 0 amide bonds. The summed E-state index contributed by atoms with van der Waals surface area (Å²) < 4.78 is 41.7. The number of aromatic amines is 1. The molecular formula is C17H14F3N5. The Morgan fingerprint density at radius 3 is 2.76 bits per heavy atom. The van der Waals surface area contributed by atoms with Crippen molar-refractivity contribution in [2.75, 3.05) is 11.2 Å². The number of alkyl halides is 2. The van der Waals surface area contributed by atoms with Crippen LogP contribution in [0.2, 0.25) is 0 Å². The van der Waals surface area contributed by atoms with Gasteiger partial charge in [0.15, 0.2) is 0 Å². The fourth-order valence-electron chi connectivity index (χ4n) is 2.78. The van der Waals surface area contributed by atoms with E-state index in [1.165, 1.54) is 35.0 Å². The molecule has 0 atom stereocenters. The highest BCUT2D eigenvalue weighted by Gasteiger charge is 2.25. The average molecular weight is 345 g/mol. The van der Waals surface area contributed by atoms with Gasteiger partial charge in [-0.1, -0.05) is 6.07 Å². The van der Waals surface area contributed by atoms with Crippen LogP contribution in [0.3, 0.4) is 0 Å². The summed E-state index contributed by atoms with van der Waals surface area (Å²) in [5.74, 6) is 2.94. The molecule has 0 unspecified atom stereocenters. The minimum Gasteiger partial charge on any atom is -0.359 e. The second-order valence-electron chi connectivity index (χ2n) is 5.91. The molecule has 5 nitrogen and oxygen atoms in total. The molecular weight excluding hydrogens is 331 g/mol. The Bertz CT molecular complexity index is 1090. The van der Waals surface area contributed by atoms with Crippen molar-refractivity contribution in [3.05, 3.63) is 54.0 Å². The Kier molecular flexibility index (Phi) is 3.18. The van der Waals surface area contributed by atoms with E-state index in [1.54, 1.807) is 12.3 Å². The van der Waals surface area contributed by atoms with E-state index in [0.29, 0.717) is 22.1 Å². The van der Waals surface area contributed by atoms with E-state index in [4.69, 9.17) is 5.84 Å². The summed E-state index contributed by atoms with van der Waals surface area (Å²) in [6.07, 6.45) is 1.66. The van der Waals surface area contributed by atoms with E-state index >= 15 is 0 Å². The maximum atomic E-state index is 13.5. The van der Waals surface area contributed by atoms with Gasteiger partial charge in [0.2, 0.25) is 5.95 Å². The molecule has 8 heteroatoms. The molecule has 0 spiro atoms. The molecule has 4 N–H and O–H groups in total. The number of nitrogens with one attached hydrogen (secondary N) is 2. The van der Waals surface area contributed by atoms with Crippen LogP contribution >= 0.6 is 0 Å². The van der Waals surface area contributed by atoms with Crippen LogP contribution in [0.4, 0.5) is 24.8 Å². The third kappa shape index (κ3) is 2.55. The lowest BCUT2D eigenvalue weighted by molar-refractivity contribution is 0.0176. The molecule has 4 aromatic rings. The fourth-order valence-corrected chi connectivity index (χ4v) is 2.78. The van der Waals surface area contributed by atoms with Gasteiger partial charge in [0.05, 0.1) is 16.7 Å². The van der Waals surface area contributed by atoms with Gasteiger partial charge in [-0.3, -0.25) is 0 Å². The summed E-state index contributed by atoms with van der Waals surface area (Å²) in [5, 5.41) is 3.64. The van der Waals surface area contributed by atoms with E-state index in [-0.39, 0.29) is 17.3 Å². The smallest absolute Gasteiger partial charge is 0.270 e. The molecule has 0 aliphatic carbocycles. The van der Waals surface area contributed by atoms with Gasteiger partial charge in [0.25, 0.3) is 5.92 Å². The summed E-state index contributed by atoms with van der Waals surface area (Å²) in [5.41, 5.74) is 2.03. The van der Waals surface area contributed by atoms with Crippen molar-refractivity contribution in [3.8, 4) is 0 Å². The third-order valence-corrected chi connectivity index (χ3v) is 4.09. The number of hydrogen-bond acceptors (Lipinski definition) is 3. The maximum Gasteiger partial charge on any atom is 0.270 e. The Morgan fingerprint density at radius 1 is 1.20 bits per heavy atom. The molecule has 0 radical (unpaired) electrons. The minimum absolute atomic E-state index is 0.140. The third-order valence-electron chi connectivity index (χ3n) is 4.09. The monoisotopic (exact) mass is 345 g/mol. The van der Waals surface area contributed by atoms with Gasteiger partial charge < -0.3 is 16.1 Å². The van der Waals surface area contributed by atoms with E-state index in [9.17, 15) is 13.2 Å². The molecule has 0 fully saturated rings. The van der Waals surface area contributed by atoms with Crippen LogP contribution in [0.15, 0.2) is 42.6 Å². The Balaban J connectivity index is 1.78. The second-order valence-corrected chi connectivity index (χ2v) is 5.91. The summed E-state index contributed by atoms with van der Waals surface area (Å²) in [7, 11) is 0. The van der Waals surface area contributed by atoms with Crippen LogP contribution in [-0.2, 0) is 5.92 Å². The van der Waals surface area contributed by atoms with Crippen LogP contribution < -0.4 is 11.2 Å². The lowest BCUT2D eigenvalue weighted by Crippen LogP contribution is -2.11. The lowest BCUT2D eigenvalue weighted by atomic mass is 10.1. The van der Waals surface area contributed by atoms with Crippen molar-refractivity contribution in [1.82, 2.24) is 14.6 Å². The molecule has 0 aliphatic rings. The number of imidazole rings is 1. The first kappa shape index (κ1) is 15.4. The number of aromatic nitrogens is 3. The normalized spacial score (nSPS) is 12.2. The van der Waals surface area contributed by atoms with Crippen molar-refractivity contribution in [2.24, 2.45) is 0 Å². The number of H-pyrrole nitrogens is 1. The zero-order chi connectivity index (χ0) is 17.8. The number of nitrogens with zero attached hydrogens (tertiary/aromatic N) is 2. The predicted molar refractivity (Wildman–Crippen MR) is 91.0 cm³/mol. The molecule has 128 valence electrons. The Labute approximate surface area is 140 Å². The molecule has 25 heavy (non-hydrogen) atoms. The molecule has 0 saturated heterocycles. The number of hydrogen-bond donors (Lipinski definition) is 3. The van der Waals surface area contributed by atoms with Crippen molar-refractivity contribution in [2.45, 2.75) is 12.8 Å². The first-order valence-corrected chi connectivity index (χ1v) is 7.52. The summed E-state index contributed by atoms with van der Waals surface area (Å²) in [6, 6.07) is 8.48. The van der Waals surface area contributed by atoms with Crippen LogP contribution in [0.25, 0.3) is 21.9 Å². The quantitative estimate of drug-likeness (QED) is 0.487. The summed E-state index contributed by atoms with van der Waals surface area (Å²) in [4.78, 5) is 7.29. The van der Waals surface area contributed by atoms with Gasteiger partial charge in [-0.25, -0.2) is 22.8 Å². The molecule has 4 rings (SSSR count). The van der Waals surface area contributed by atoms with Crippen molar-refractivity contribution < 1.29 is 13.2 Å². The predicted octanol–water partition coefficient (Wildman–Crippen LogP) is 4.23. The summed E-state index contributed by atoms with van der Waals surface area (Å²) >= 11 is 0. The zero-order valence-electron chi connectivity index (χ0n) is 13.1. The summed E-state index contributed by atoms with van der Waals surface area (Å²) in [6.45, 7) is 0.827. The largest absolute Gasteiger partial charge is 0.359 e. The van der Waals surface area contributed by atoms with Crippen LogP contribution in [0.5, 0.6) is 0 Å². The molecule has 2 heterocycles. The number of halogens is 3. The number of nitrogens with two attached hydrogens (primary N) is 1. The molecule has 0 bridgehead atoms. The number of anilines is 2. The van der Waals surface area contributed by atoms with Gasteiger partial charge in [-0.15, -0.1) is 0 Å².